The first-order chi connectivity index (χ1) is 15.2. The van der Waals surface area contributed by atoms with Gasteiger partial charge in [-0.3, -0.25) is 19.5 Å². The Morgan fingerprint density at radius 1 is 1.00 bits per heavy atom. The summed E-state index contributed by atoms with van der Waals surface area (Å²) in [5, 5.41) is 0. The van der Waals surface area contributed by atoms with Crippen LogP contribution < -0.4 is 4.72 Å². The molecule has 2 heterocycles. The second-order valence-electron chi connectivity index (χ2n) is 7.40. The van der Waals surface area contributed by atoms with Crippen LogP contribution in [0.25, 0.3) is 11.0 Å². The van der Waals surface area contributed by atoms with Crippen LogP contribution >= 0.6 is 0 Å². The average molecular weight is 464 g/mol. The number of amides is 1. The van der Waals surface area contributed by atoms with Crippen molar-refractivity contribution in [1.29, 1.82) is 0 Å². The van der Waals surface area contributed by atoms with E-state index in [2.05, 4.69) is 14.7 Å². The summed E-state index contributed by atoms with van der Waals surface area (Å²) in [6, 6.07) is 6.73. The van der Waals surface area contributed by atoms with Gasteiger partial charge in [0.25, 0.3) is 15.9 Å². The van der Waals surface area contributed by atoms with E-state index in [-0.39, 0.29) is 16.8 Å². The van der Waals surface area contributed by atoms with Gasteiger partial charge in [0, 0.05) is 25.5 Å². The van der Waals surface area contributed by atoms with Crippen molar-refractivity contribution in [2.45, 2.75) is 30.3 Å². The summed E-state index contributed by atoms with van der Waals surface area (Å²) in [5.74, 6) is -0.614. The molecule has 2 aromatic carbocycles. The third kappa shape index (κ3) is 4.38. The lowest BCUT2D eigenvalue weighted by Crippen LogP contribution is -2.36. The van der Waals surface area contributed by atoms with E-state index in [1.807, 2.05) is 0 Å². The molecule has 11 heteroatoms. The van der Waals surface area contributed by atoms with Gasteiger partial charge < -0.3 is 4.90 Å². The van der Waals surface area contributed by atoms with E-state index < -0.39 is 32.6 Å². The Balaban J connectivity index is 1.80. The number of anilines is 1. The fraction of sp³-hybridized carbons (Fsp3) is 0.286. The first-order valence-electron chi connectivity index (χ1n) is 9.90. The molecule has 1 fully saturated rings. The van der Waals surface area contributed by atoms with Gasteiger partial charge in [-0.15, -0.1) is 0 Å². The third-order valence-electron chi connectivity index (χ3n) is 5.22. The summed E-state index contributed by atoms with van der Waals surface area (Å²) in [5.41, 5.74) is -0.787. The maximum atomic E-state index is 13.3. The number of halogens is 3. The molecule has 0 aliphatic carbocycles. The maximum Gasteiger partial charge on any atom is 0.416 e. The summed E-state index contributed by atoms with van der Waals surface area (Å²) in [6.45, 7) is 0.845. The van der Waals surface area contributed by atoms with Crippen molar-refractivity contribution in [3.05, 3.63) is 59.9 Å². The van der Waals surface area contributed by atoms with Crippen LogP contribution in [-0.2, 0) is 16.2 Å². The van der Waals surface area contributed by atoms with Gasteiger partial charge in [0.1, 0.15) is 10.4 Å². The molecule has 1 aliphatic heterocycles. The molecule has 1 saturated heterocycles. The first kappa shape index (κ1) is 22.0. The number of hydrogen-bond acceptors (Lipinski definition) is 5. The minimum Gasteiger partial charge on any atom is -0.339 e. The number of likely N-dealkylation sites (tertiary alicyclic amines) is 1. The van der Waals surface area contributed by atoms with E-state index in [1.165, 1.54) is 23.4 Å². The fourth-order valence-electron chi connectivity index (χ4n) is 3.64. The molecule has 7 nitrogen and oxygen atoms in total. The number of nitrogens with one attached hydrogen (secondary N) is 1. The molecule has 168 valence electrons. The van der Waals surface area contributed by atoms with E-state index in [4.69, 9.17) is 0 Å². The number of alkyl halides is 3. The number of piperidine rings is 1. The Kier molecular flexibility index (Phi) is 5.76. The van der Waals surface area contributed by atoms with Crippen LogP contribution in [0.15, 0.2) is 53.7 Å². The van der Waals surface area contributed by atoms with Gasteiger partial charge >= 0.3 is 6.18 Å². The Bertz CT molecular complexity index is 1270. The van der Waals surface area contributed by atoms with E-state index in [0.29, 0.717) is 24.7 Å². The molecule has 0 spiro atoms. The number of sulfonamides is 1. The van der Waals surface area contributed by atoms with E-state index in [9.17, 15) is 26.4 Å². The standard InChI is InChI=1S/C21H19F3N4O3S/c22-21(23,24)14-7-8-15(20(29)28-11-2-1-3-12-28)18(13-14)32(30,31)27-17-6-4-5-16-19(17)26-10-9-25-16/h4-10,13,27H,1-3,11-12H2. The summed E-state index contributed by atoms with van der Waals surface area (Å²) in [4.78, 5) is 22.0. The number of nitrogens with zero attached hydrogens (tertiary/aromatic N) is 3. The lowest BCUT2D eigenvalue weighted by Gasteiger charge is -2.27. The maximum absolute atomic E-state index is 13.3. The van der Waals surface area contributed by atoms with Crippen molar-refractivity contribution in [3.63, 3.8) is 0 Å². The van der Waals surface area contributed by atoms with Crippen LogP contribution in [0.3, 0.4) is 0 Å². The van der Waals surface area contributed by atoms with Gasteiger partial charge in [-0.2, -0.15) is 13.2 Å². The molecule has 3 aromatic rings. The summed E-state index contributed by atoms with van der Waals surface area (Å²) in [6.07, 6.45) is 0.467. The fourth-order valence-corrected chi connectivity index (χ4v) is 4.93. The highest BCUT2D eigenvalue weighted by Gasteiger charge is 2.35. The molecule has 1 aromatic heterocycles. The van der Waals surface area contributed by atoms with E-state index in [0.717, 1.165) is 31.4 Å². The zero-order chi connectivity index (χ0) is 22.9. The lowest BCUT2D eigenvalue weighted by atomic mass is 10.1. The molecule has 0 atom stereocenters. The molecular formula is C21H19F3N4O3S. The average Bonchev–Trinajstić information content (AvgIpc) is 2.78. The van der Waals surface area contributed by atoms with Crippen LogP contribution in [0.2, 0.25) is 0 Å². The topological polar surface area (TPSA) is 92.3 Å². The minimum absolute atomic E-state index is 0.0457. The molecule has 0 bridgehead atoms. The molecular weight excluding hydrogens is 445 g/mol. The minimum atomic E-state index is -4.78. The Morgan fingerprint density at radius 3 is 2.44 bits per heavy atom. The molecule has 1 amide bonds. The van der Waals surface area contributed by atoms with Gasteiger partial charge in [0.15, 0.2) is 0 Å². The predicted octanol–water partition coefficient (Wildman–Crippen LogP) is 4.08. The normalized spacial score (nSPS) is 15.0. The smallest absolute Gasteiger partial charge is 0.339 e. The molecule has 32 heavy (non-hydrogen) atoms. The second kappa shape index (κ2) is 8.38. The number of para-hydroxylation sites is 1. The lowest BCUT2D eigenvalue weighted by molar-refractivity contribution is -0.137. The number of carbonyl (C=O) groups excluding carboxylic acids is 1. The summed E-state index contributed by atoms with van der Waals surface area (Å²) < 4.78 is 68.8. The van der Waals surface area contributed by atoms with Gasteiger partial charge in [-0.25, -0.2) is 8.42 Å². The summed E-state index contributed by atoms with van der Waals surface area (Å²) >= 11 is 0. The largest absolute Gasteiger partial charge is 0.416 e. The number of fused-ring (bicyclic) bond motifs is 1. The summed E-state index contributed by atoms with van der Waals surface area (Å²) in [7, 11) is -4.57. The molecule has 0 radical (unpaired) electrons. The zero-order valence-corrected chi connectivity index (χ0v) is 17.6. The monoisotopic (exact) mass is 464 g/mol. The molecule has 0 unspecified atom stereocenters. The van der Waals surface area contributed by atoms with Crippen molar-refractivity contribution < 1.29 is 26.4 Å². The molecule has 1 aliphatic rings. The Hall–Kier alpha value is -3.21. The highest BCUT2D eigenvalue weighted by Crippen LogP contribution is 2.33. The quantitative estimate of drug-likeness (QED) is 0.628. The molecule has 4 rings (SSSR count). The number of carbonyl (C=O) groups is 1. The number of aromatic nitrogens is 2. The highest BCUT2D eigenvalue weighted by atomic mass is 32.2. The SMILES string of the molecule is O=C(c1ccc(C(F)(F)F)cc1S(=O)(=O)Nc1cccc2nccnc12)N1CCCCC1. The van der Waals surface area contributed by atoms with E-state index >= 15 is 0 Å². The number of benzene rings is 2. The Morgan fingerprint density at radius 2 is 1.72 bits per heavy atom. The third-order valence-corrected chi connectivity index (χ3v) is 6.62. The predicted molar refractivity (Wildman–Crippen MR) is 112 cm³/mol. The van der Waals surface area contributed by atoms with Crippen LogP contribution in [0.5, 0.6) is 0 Å². The Labute approximate surface area is 182 Å². The molecule has 1 N–H and O–H groups in total. The van der Waals surface area contributed by atoms with Crippen molar-refractivity contribution in [3.8, 4) is 0 Å². The van der Waals surface area contributed by atoms with Gasteiger partial charge in [0.2, 0.25) is 0 Å². The van der Waals surface area contributed by atoms with E-state index in [1.54, 1.807) is 12.1 Å². The van der Waals surface area contributed by atoms with Gasteiger partial charge in [-0.05, 0) is 49.6 Å². The van der Waals surface area contributed by atoms with Crippen LogP contribution in [-0.4, -0.2) is 42.3 Å². The van der Waals surface area contributed by atoms with Crippen molar-refractivity contribution in [2.75, 3.05) is 17.8 Å². The van der Waals surface area contributed by atoms with Crippen molar-refractivity contribution in [2.24, 2.45) is 0 Å². The van der Waals surface area contributed by atoms with Gasteiger partial charge in [-0.1, -0.05) is 6.07 Å². The van der Waals surface area contributed by atoms with Crippen LogP contribution in [0, 0.1) is 0 Å². The number of hydrogen-bond donors (Lipinski definition) is 1. The highest BCUT2D eigenvalue weighted by molar-refractivity contribution is 7.92. The van der Waals surface area contributed by atoms with Crippen molar-refractivity contribution >= 4 is 32.7 Å². The second-order valence-corrected chi connectivity index (χ2v) is 9.05. The van der Waals surface area contributed by atoms with Crippen molar-refractivity contribution in [1.82, 2.24) is 14.9 Å². The first-order valence-corrected chi connectivity index (χ1v) is 11.4. The van der Waals surface area contributed by atoms with Gasteiger partial charge in [0.05, 0.1) is 22.3 Å². The molecule has 0 saturated carbocycles. The van der Waals surface area contributed by atoms with Crippen LogP contribution in [0.1, 0.15) is 35.2 Å². The zero-order valence-electron chi connectivity index (χ0n) is 16.8. The number of rotatable bonds is 4. The van der Waals surface area contributed by atoms with Crippen LogP contribution in [0.4, 0.5) is 18.9 Å².